The molecule has 1 saturated heterocycles. The van der Waals surface area contributed by atoms with Crippen LogP contribution in [0.2, 0.25) is 5.02 Å². The minimum atomic E-state index is -4.82. The molecule has 3 rings (SSSR count). The summed E-state index contributed by atoms with van der Waals surface area (Å²) < 4.78 is 84.1. The molecular formula is C19H16ClF6N3O3. The summed E-state index contributed by atoms with van der Waals surface area (Å²) in [6, 6.07) is 3.21. The van der Waals surface area contributed by atoms with Crippen molar-refractivity contribution in [3.63, 3.8) is 0 Å². The number of pyridine rings is 1. The van der Waals surface area contributed by atoms with Gasteiger partial charge in [-0.25, -0.2) is 0 Å². The Bertz CT molecular complexity index is 1060. The number of benzene rings is 1. The van der Waals surface area contributed by atoms with Gasteiger partial charge in [0.25, 0.3) is 5.56 Å². The minimum absolute atomic E-state index is 0.196. The zero-order valence-corrected chi connectivity index (χ0v) is 16.9. The van der Waals surface area contributed by atoms with E-state index in [4.69, 9.17) is 16.3 Å². The van der Waals surface area contributed by atoms with Crippen LogP contribution in [-0.2, 0) is 28.4 Å². The van der Waals surface area contributed by atoms with Gasteiger partial charge in [0.1, 0.15) is 11.6 Å². The molecule has 6 nitrogen and oxygen atoms in total. The predicted octanol–water partition coefficient (Wildman–Crippen LogP) is 4.01. The Morgan fingerprint density at radius 1 is 1.03 bits per heavy atom. The molecule has 0 aliphatic carbocycles. The fourth-order valence-electron chi connectivity index (χ4n) is 3.11. The average Bonchev–Trinajstić information content (AvgIpc) is 2.70. The van der Waals surface area contributed by atoms with Crippen LogP contribution in [0.4, 0.5) is 37.7 Å². The first-order valence-corrected chi connectivity index (χ1v) is 9.55. The van der Waals surface area contributed by atoms with Gasteiger partial charge in [-0.05, 0) is 24.3 Å². The Kier molecular flexibility index (Phi) is 6.75. The number of carbonyl (C=O) groups is 1. The first-order chi connectivity index (χ1) is 14.9. The molecule has 0 bridgehead atoms. The van der Waals surface area contributed by atoms with Crippen LogP contribution >= 0.6 is 11.6 Å². The van der Waals surface area contributed by atoms with Crippen LogP contribution in [0.15, 0.2) is 35.3 Å². The van der Waals surface area contributed by atoms with E-state index in [0.717, 1.165) is 12.1 Å². The lowest BCUT2D eigenvalue weighted by Gasteiger charge is -2.31. The predicted molar refractivity (Wildman–Crippen MR) is 104 cm³/mol. The lowest BCUT2D eigenvalue weighted by molar-refractivity contribution is -0.138. The molecule has 0 spiro atoms. The molecule has 1 aromatic heterocycles. The molecule has 0 atom stereocenters. The fourth-order valence-corrected chi connectivity index (χ4v) is 3.33. The molecule has 13 heteroatoms. The molecule has 1 N–H and O–H groups in total. The maximum Gasteiger partial charge on any atom is 0.417 e. The zero-order valence-electron chi connectivity index (χ0n) is 16.2. The van der Waals surface area contributed by atoms with Crippen LogP contribution in [0.5, 0.6) is 0 Å². The summed E-state index contributed by atoms with van der Waals surface area (Å²) in [6.07, 6.45) is -9.09. The highest BCUT2D eigenvalue weighted by Gasteiger charge is 2.33. The van der Waals surface area contributed by atoms with E-state index in [0.29, 0.717) is 43.1 Å². The number of anilines is 2. The van der Waals surface area contributed by atoms with Crippen LogP contribution in [0, 0.1) is 0 Å². The zero-order chi connectivity index (χ0) is 23.7. The Balaban J connectivity index is 1.91. The normalized spacial score (nSPS) is 15.0. The second-order valence-corrected chi connectivity index (χ2v) is 7.29. The van der Waals surface area contributed by atoms with E-state index >= 15 is 0 Å². The lowest BCUT2D eigenvalue weighted by Crippen LogP contribution is -2.37. The molecule has 2 heterocycles. The van der Waals surface area contributed by atoms with Crippen molar-refractivity contribution in [3.05, 3.63) is 57.0 Å². The van der Waals surface area contributed by atoms with Crippen LogP contribution in [0.3, 0.4) is 0 Å². The maximum atomic E-state index is 13.2. The first-order valence-electron chi connectivity index (χ1n) is 9.17. The Labute approximate surface area is 182 Å². The monoisotopic (exact) mass is 483 g/mol. The van der Waals surface area contributed by atoms with E-state index in [2.05, 4.69) is 5.32 Å². The summed E-state index contributed by atoms with van der Waals surface area (Å²) >= 11 is 5.56. The van der Waals surface area contributed by atoms with Crippen molar-refractivity contribution in [2.24, 2.45) is 0 Å². The van der Waals surface area contributed by atoms with Crippen molar-refractivity contribution in [1.29, 1.82) is 0 Å². The Morgan fingerprint density at radius 3 is 2.25 bits per heavy atom. The Morgan fingerprint density at radius 2 is 1.66 bits per heavy atom. The number of amides is 1. The smallest absolute Gasteiger partial charge is 0.378 e. The van der Waals surface area contributed by atoms with Gasteiger partial charge in [-0.2, -0.15) is 26.3 Å². The maximum absolute atomic E-state index is 13.2. The van der Waals surface area contributed by atoms with Crippen LogP contribution < -0.4 is 15.8 Å². The molecule has 0 saturated carbocycles. The summed E-state index contributed by atoms with van der Waals surface area (Å²) in [5, 5.41) is 1.52. The fraction of sp³-hybridized carbons (Fsp3) is 0.368. The number of ether oxygens (including phenoxy) is 1. The molecule has 174 valence electrons. The van der Waals surface area contributed by atoms with Crippen molar-refractivity contribution >= 4 is 28.9 Å². The van der Waals surface area contributed by atoms with Crippen molar-refractivity contribution in [2.75, 3.05) is 36.5 Å². The van der Waals surface area contributed by atoms with Crippen LogP contribution in [0.25, 0.3) is 0 Å². The number of nitrogens with zero attached hydrogens (tertiary/aromatic N) is 2. The molecular weight excluding hydrogens is 468 g/mol. The van der Waals surface area contributed by atoms with E-state index in [9.17, 15) is 35.9 Å². The third-order valence-electron chi connectivity index (χ3n) is 4.63. The van der Waals surface area contributed by atoms with E-state index in [-0.39, 0.29) is 11.4 Å². The third-order valence-corrected chi connectivity index (χ3v) is 4.90. The van der Waals surface area contributed by atoms with Crippen molar-refractivity contribution in [2.45, 2.75) is 18.9 Å². The van der Waals surface area contributed by atoms with E-state index in [1.54, 1.807) is 4.90 Å². The van der Waals surface area contributed by atoms with Gasteiger partial charge >= 0.3 is 12.4 Å². The summed E-state index contributed by atoms with van der Waals surface area (Å²) in [5.74, 6) is -1.00. The van der Waals surface area contributed by atoms with Gasteiger partial charge < -0.3 is 19.5 Å². The highest BCUT2D eigenvalue weighted by molar-refractivity contribution is 6.30. The number of rotatable bonds is 4. The van der Waals surface area contributed by atoms with Gasteiger partial charge in [0.15, 0.2) is 0 Å². The molecule has 0 radical (unpaired) electrons. The molecule has 1 aromatic carbocycles. The second-order valence-electron chi connectivity index (χ2n) is 6.88. The standard InChI is InChI=1S/C19H16ClF6N3O3/c20-13-7-12(19(24,25)26)9-29(17(13)31)10-16(30)27-14-8-11(18(21,22)23)1-2-15(14)28-3-5-32-6-4-28/h1-2,7-9H,3-6,10H2,(H,27,30). The number of hydrogen-bond acceptors (Lipinski definition) is 4. The number of aromatic nitrogens is 1. The summed E-state index contributed by atoms with van der Waals surface area (Å²) in [7, 11) is 0. The van der Waals surface area contributed by atoms with Gasteiger partial charge in [-0.1, -0.05) is 11.6 Å². The first kappa shape index (κ1) is 23.9. The minimum Gasteiger partial charge on any atom is -0.378 e. The highest BCUT2D eigenvalue weighted by atomic mass is 35.5. The molecule has 1 aliphatic heterocycles. The molecule has 0 unspecified atom stereocenters. The van der Waals surface area contributed by atoms with Gasteiger partial charge in [-0.3, -0.25) is 9.59 Å². The molecule has 1 amide bonds. The third kappa shape index (κ3) is 5.54. The van der Waals surface area contributed by atoms with Crippen molar-refractivity contribution in [1.82, 2.24) is 4.57 Å². The number of halogens is 7. The molecule has 1 fully saturated rings. The SMILES string of the molecule is O=C(Cn1cc(C(F)(F)F)cc(Cl)c1=O)Nc1cc(C(F)(F)F)ccc1N1CCOCC1. The van der Waals surface area contributed by atoms with Gasteiger partial charge in [0.2, 0.25) is 5.91 Å². The average molecular weight is 484 g/mol. The van der Waals surface area contributed by atoms with Gasteiger partial charge in [0, 0.05) is 19.3 Å². The van der Waals surface area contributed by atoms with Crippen LogP contribution in [-0.4, -0.2) is 36.8 Å². The highest BCUT2D eigenvalue weighted by Crippen LogP contribution is 2.36. The quantitative estimate of drug-likeness (QED) is 0.667. The second kappa shape index (κ2) is 9.02. The van der Waals surface area contributed by atoms with Crippen molar-refractivity contribution in [3.8, 4) is 0 Å². The number of carbonyl (C=O) groups excluding carboxylic acids is 1. The largest absolute Gasteiger partial charge is 0.417 e. The molecule has 2 aromatic rings. The van der Waals surface area contributed by atoms with Gasteiger partial charge in [0.05, 0.1) is 35.7 Å². The number of alkyl halides is 6. The van der Waals surface area contributed by atoms with E-state index < -0.39 is 46.5 Å². The number of morpholine rings is 1. The summed E-state index contributed by atoms with van der Waals surface area (Å²) in [5.41, 5.74) is -3.23. The lowest BCUT2D eigenvalue weighted by atomic mass is 10.1. The topological polar surface area (TPSA) is 63.6 Å². The van der Waals surface area contributed by atoms with E-state index in [1.165, 1.54) is 6.07 Å². The molecule has 1 aliphatic rings. The van der Waals surface area contributed by atoms with Crippen LogP contribution in [0.1, 0.15) is 11.1 Å². The number of hydrogen-bond donors (Lipinski definition) is 1. The van der Waals surface area contributed by atoms with Crippen molar-refractivity contribution < 1.29 is 35.9 Å². The number of nitrogens with one attached hydrogen (secondary N) is 1. The molecule has 32 heavy (non-hydrogen) atoms. The Hall–Kier alpha value is -2.73. The van der Waals surface area contributed by atoms with Gasteiger partial charge in [-0.15, -0.1) is 0 Å². The van der Waals surface area contributed by atoms with E-state index in [1.807, 2.05) is 0 Å². The summed E-state index contributed by atoms with van der Waals surface area (Å²) in [4.78, 5) is 26.2. The summed E-state index contributed by atoms with van der Waals surface area (Å²) in [6.45, 7) is 0.480.